The van der Waals surface area contributed by atoms with Gasteiger partial charge in [-0.05, 0) is 27.2 Å². The molecule has 0 unspecified atom stereocenters. The van der Waals surface area contributed by atoms with Crippen LogP contribution in [-0.4, -0.2) is 57.2 Å². The van der Waals surface area contributed by atoms with Crippen molar-refractivity contribution < 1.29 is 18.3 Å². The number of H-pyrrole nitrogens is 1. The number of likely N-dealkylation sites (tertiary alicyclic amines) is 1. The lowest BCUT2D eigenvalue weighted by atomic mass is 10.0. The zero-order valence-corrected chi connectivity index (χ0v) is 11.7. The minimum absolute atomic E-state index is 0.0819. The van der Waals surface area contributed by atoms with Gasteiger partial charge in [0, 0.05) is 6.54 Å². The van der Waals surface area contributed by atoms with Gasteiger partial charge < -0.3 is 9.64 Å². The molecule has 1 aliphatic heterocycles. The van der Waals surface area contributed by atoms with Crippen molar-refractivity contribution in [1.82, 2.24) is 20.1 Å². The van der Waals surface area contributed by atoms with E-state index in [0.717, 1.165) is 4.90 Å². The van der Waals surface area contributed by atoms with E-state index in [-0.39, 0.29) is 24.9 Å². The second-order valence-electron chi connectivity index (χ2n) is 5.19. The standard InChI is InChI=1S/C12H18F2N4O2/c1-7(2)20-9-4-5-18(6-12(9,13)14)11(19)10-15-8(3)16-17-10/h7,9H,4-6H2,1-3H3,(H,15,16,17)/t9-/m0/s1. The number of aryl methyl sites for hydroxylation is 1. The van der Waals surface area contributed by atoms with E-state index in [0.29, 0.717) is 5.82 Å². The fourth-order valence-corrected chi connectivity index (χ4v) is 2.17. The Morgan fingerprint density at radius 3 is 2.75 bits per heavy atom. The number of carbonyl (C=O) groups excluding carboxylic acids is 1. The SMILES string of the molecule is Cc1nc(C(=O)N2CC[C@H](OC(C)C)C(F)(F)C2)n[nH]1. The van der Waals surface area contributed by atoms with Gasteiger partial charge in [0.25, 0.3) is 11.8 Å². The summed E-state index contributed by atoms with van der Waals surface area (Å²) in [7, 11) is 0. The molecule has 1 N–H and O–H groups in total. The van der Waals surface area contributed by atoms with Crippen molar-refractivity contribution in [2.24, 2.45) is 0 Å². The second-order valence-corrected chi connectivity index (χ2v) is 5.19. The van der Waals surface area contributed by atoms with Crippen LogP contribution in [0.1, 0.15) is 36.7 Å². The average molecular weight is 288 g/mol. The van der Waals surface area contributed by atoms with Gasteiger partial charge in [-0.25, -0.2) is 13.8 Å². The molecule has 1 aliphatic rings. The van der Waals surface area contributed by atoms with Crippen molar-refractivity contribution in [3.63, 3.8) is 0 Å². The number of aromatic amines is 1. The maximum absolute atomic E-state index is 14.0. The van der Waals surface area contributed by atoms with Crippen LogP contribution >= 0.6 is 0 Å². The molecule has 0 radical (unpaired) electrons. The van der Waals surface area contributed by atoms with Crippen LogP contribution < -0.4 is 0 Å². The first-order chi connectivity index (χ1) is 9.29. The number of aromatic nitrogens is 3. The van der Waals surface area contributed by atoms with E-state index >= 15 is 0 Å². The number of alkyl halides is 2. The Balaban J connectivity index is 2.05. The molecule has 1 aromatic rings. The van der Waals surface area contributed by atoms with Gasteiger partial charge >= 0.3 is 0 Å². The molecule has 1 saturated heterocycles. The zero-order chi connectivity index (χ0) is 14.9. The molecule has 8 heteroatoms. The molecule has 0 spiro atoms. The number of nitrogens with one attached hydrogen (secondary N) is 1. The van der Waals surface area contributed by atoms with Gasteiger partial charge in [0.15, 0.2) is 0 Å². The molecule has 1 aromatic heterocycles. The molecule has 2 rings (SSSR count). The summed E-state index contributed by atoms with van der Waals surface area (Å²) in [4.78, 5) is 17.0. The van der Waals surface area contributed by atoms with E-state index in [1.807, 2.05) is 0 Å². The van der Waals surface area contributed by atoms with E-state index in [2.05, 4.69) is 15.2 Å². The summed E-state index contributed by atoms with van der Waals surface area (Å²) in [5.74, 6) is -3.26. The summed E-state index contributed by atoms with van der Waals surface area (Å²) in [5, 5.41) is 6.23. The number of hydrogen-bond donors (Lipinski definition) is 1. The minimum atomic E-state index is -3.07. The van der Waals surface area contributed by atoms with Gasteiger partial charge in [0.1, 0.15) is 11.9 Å². The van der Waals surface area contributed by atoms with Crippen LogP contribution in [0.5, 0.6) is 0 Å². The van der Waals surface area contributed by atoms with Gasteiger partial charge in [0.2, 0.25) is 5.82 Å². The van der Waals surface area contributed by atoms with Crippen molar-refractivity contribution in [3.05, 3.63) is 11.6 Å². The normalized spacial score (nSPS) is 22.3. The lowest BCUT2D eigenvalue weighted by molar-refractivity contribution is -0.179. The van der Waals surface area contributed by atoms with Crippen molar-refractivity contribution in [2.75, 3.05) is 13.1 Å². The number of amides is 1. The topological polar surface area (TPSA) is 71.1 Å². The van der Waals surface area contributed by atoms with Gasteiger partial charge in [-0.3, -0.25) is 9.89 Å². The molecule has 0 aliphatic carbocycles. The first-order valence-corrected chi connectivity index (χ1v) is 6.51. The van der Waals surface area contributed by atoms with Gasteiger partial charge in [-0.15, -0.1) is 5.10 Å². The molecule has 6 nitrogen and oxygen atoms in total. The fraction of sp³-hybridized carbons (Fsp3) is 0.750. The van der Waals surface area contributed by atoms with Gasteiger partial charge in [0.05, 0.1) is 12.6 Å². The van der Waals surface area contributed by atoms with E-state index in [9.17, 15) is 13.6 Å². The predicted octanol–water partition coefficient (Wildman–Crippen LogP) is 1.39. The largest absolute Gasteiger partial charge is 0.369 e. The Kier molecular flexibility index (Phi) is 4.03. The third kappa shape index (κ3) is 3.12. The molecule has 1 amide bonds. The summed E-state index contributed by atoms with van der Waals surface area (Å²) in [6, 6.07) is 0. The molecule has 20 heavy (non-hydrogen) atoms. The Hall–Kier alpha value is -1.57. The Morgan fingerprint density at radius 2 is 2.25 bits per heavy atom. The number of hydrogen-bond acceptors (Lipinski definition) is 4. The zero-order valence-electron chi connectivity index (χ0n) is 11.7. The average Bonchev–Trinajstić information content (AvgIpc) is 2.77. The van der Waals surface area contributed by atoms with Crippen LogP contribution in [0, 0.1) is 6.92 Å². The maximum atomic E-state index is 14.0. The highest BCUT2D eigenvalue weighted by molar-refractivity contribution is 5.90. The van der Waals surface area contributed by atoms with Gasteiger partial charge in [-0.1, -0.05) is 0 Å². The summed E-state index contributed by atoms with van der Waals surface area (Å²) < 4.78 is 33.2. The summed E-state index contributed by atoms with van der Waals surface area (Å²) in [6.45, 7) is 4.60. The second kappa shape index (κ2) is 5.43. The third-order valence-corrected chi connectivity index (χ3v) is 3.05. The number of piperidine rings is 1. The Morgan fingerprint density at radius 1 is 1.55 bits per heavy atom. The summed E-state index contributed by atoms with van der Waals surface area (Å²) in [5.41, 5.74) is 0. The lowest BCUT2D eigenvalue weighted by Crippen LogP contribution is -2.54. The van der Waals surface area contributed by atoms with Crippen LogP contribution in [-0.2, 0) is 4.74 Å². The van der Waals surface area contributed by atoms with Gasteiger partial charge in [-0.2, -0.15) is 0 Å². The van der Waals surface area contributed by atoms with E-state index in [1.165, 1.54) is 0 Å². The molecule has 0 aromatic carbocycles. The Labute approximate surface area is 115 Å². The fourth-order valence-electron chi connectivity index (χ4n) is 2.17. The number of carbonyl (C=O) groups is 1. The summed E-state index contributed by atoms with van der Waals surface area (Å²) in [6.07, 6.45) is -1.33. The molecular weight excluding hydrogens is 270 g/mol. The smallest absolute Gasteiger partial charge is 0.293 e. The Bertz CT molecular complexity index is 490. The highest BCUT2D eigenvalue weighted by Crippen LogP contribution is 2.31. The molecule has 1 atom stereocenters. The van der Waals surface area contributed by atoms with Crippen molar-refractivity contribution in [1.29, 1.82) is 0 Å². The first kappa shape index (κ1) is 14.8. The number of rotatable bonds is 3. The van der Waals surface area contributed by atoms with Crippen LogP contribution in [0.4, 0.5) is 8.78 Å². The molecule has 0 bridgehead atoms. The molecule has 2 heterocycles. The van der Waals surface area contributed by atoms with Crippen LogP contribution in [0.2, 0.25) is 0 Å². The van der Waals surface area contributed by atoms with E-state index in [4.69, 9.17) is 4.74 Å². The molecule has 1 fully saturated rings. The number of ether oxygens (including phenoxy) is 1. The lowest BCUT2D eigenvalue weighted by Gasteiger charge is -2.38. The van der Waals surface area contributed by atoms with Crippen LogP contribution in [0.15, 0.2) is 0 Å². The van der Waals surface area contributed by atoms with Crippen LogP contribution in [0.25, 0.3) is 0 Å². The molecular formula is C12H18F2N4O2. The monoisotopic (exact) mass is 288 g/mol. The minimum Gasteiger partial charge on any atom is -0.369 e. The van der Waals surface area contributed by atoms with Crippen molar-refractivity contribution in [2.45, 2.75) is 45.3 Å². The summed E-state index contributed by atoms with van der Waals surface area (Å²) >= 11 is 0. The maximum Gasteiger partial charge on any atom is 0.293 e. The van der Waals surface area contributed by atoms with Crippen LogP contribution in [0.3, 0.4) is 0 Å². The number of halogens is 2. The van der Waals surface area contributed by atoms with E-state index < -0.39 is 24.5 Å². The highest BCUT2D eigenvalue weighted by atomic mass is 19.3. The van der Waals surface area contributed by atoms with E-state index in [1.54, 1.807) is 20.8 Å². The first-order valence-electron chi connectivity index (χ1n) is 6.51. The third-order valence-electron chi connectivity index (χ3n) is 3.05. The number of nitrogens with zero attached hydrogens (tertiary/aromatic N) is 3. The highest BCUT2D eigenvalue weighted by Gasteiger charge is 2.47. The van der Waals surface area contributed by atoms with Crippen molar-refractivity contribution in [3.8, 4) is 0 Å². The molecule has 112 valence electrons. The van der Waals surface area contributed by atoms with Crippen molar-refractivity contribution >= 4 is 5.91 Å². The predicted molar refractivity (Wildman–Crippen MR) is 66.6 cm³/mol. The molecule has 0 saturated carbocycles. The quantitative estimate of drug-likeness (QED) is 0.912.